The van der Waals surface area contributed by atoms with Crippen LogP contribution < -0.4 is 14.4 Å². The molecule has 0 bridgehead atoms. The van der Waals surface area contributed by atoms with Crippen molar-refractivity contribution in [1.82, 2.24) is 0 Å². The summed E-state index contributed by atoms with van der Waals surface area (Å²) >= 11 is 0. The van der Waals surface area contributed by atoms with Gasteiger partial charge in [-0.25, -0.2) is 0 Å². The molecule has 1 aliphatic heterocycles. The van der Waals surface area contributed by atoms with Crippen molar-refractivity contribution in [3.8, 4) is 11.5 Å². The number of alkyl halides is 6. The molecule has 3 aromatic carbocycles. The van der Waals surface area contributed by atoms with E-state index in [1.165, 1.54) is 12.0 Å². The molecule has 1 heterocycles. The number of rotatable bonds is 6. The first-order valence-corrected chi connectivity index (χ1v) is 12.4. The van der Waals surface area contributed by atoms with E-state index >= 15 is 0 Å². The van der Waals surface area contributed by atoms with Crippen LogP contribution in [0.4, 0.5) is 32.0 Å². The van der Waals surface area contributed by atoms with Gasteiger partial charge < -0.3 is 19.5 Å². The van der Waals surface area contributed by atoms with E-state index in [1.54, 1.807) is 61.5 Å². The second-order valence-electron chi connectivity index (χ2n) is 9.59. The Kier molecular flexibility index (Phi) is 8.07. The maximum Gasteiger partial charge on any atom is 0.430 e. The number of carbonyl (C=O) groups excluding carboxylic acids is 1. The van der Waals surface area contributed by atoms with Crippen molar-refractivity contribution in [2.75, 3.05) is 18.6 Å². The summed E-state index contributed by atoms with van der Waals surface area (Å²) < 4.78 is 92.9. The third-order valence-electron chi connectivity index (χ3n) is 7.01. The molecular formula is C29H27F6NO4. The molecule has 0 radical (unpaired) electrons. The fraction of sp³-hybridized carbons (Fsp3) is 0.345. The van der Waals surface area contributed by atoms with Gasteiger partial charge in [-0.3, -0.25) is 4.79 Å². The standard InChI is InChI=1S/C29H27F6NO4/c1-18(19-7-4-3-5-8-19)26(37)36-17-24(40-23-10-6-9-22(16-23)39-2)13-11-20-15-21(12-14-25(20)36)27(38,28(30,31)32)29(33,34)35/h3-10,12,14-16,18,24,38H,11,13,17H2,1-2H3/t18-,24-/m1/s1. The molecule has 40 heavy (non-hydrogen) atoms. The van der Waals surface area contributed by atoms with Crippen LogP contribution in [0.25, 0.3) is 0 Å². The number of aryl methyl sites for hydroxylation is 1. The summed E-state index contributed by atoms with van der Waals surface area (Å²) in [5.41, 5.74) is -5.57. The van der Waals surface area contributed by atoms with Gasteiger partial charge in [0, 0.05) is 17.3 Å². The lowest BCUT2D eigenvalue weighted by molar-refractivity contribution is -0.376. The molecule has 11 heteroatoms. The van der Waals surface area contributed by atoms with E-state index in [0.29, 0.717) is 29.2 Å². The summed E-state index contributed by atoms with van der Waals surface area (Å²) in [6, 6.07) is 17.8. The highest BCUT2D eigenvalue weighted by Crippen LogP contribution is 2.51. The van der Waals surface area contributed by atoms with Crippen molar-refractivity contribution in [1.29, 1.82) is 0 Å². The lowest BCUT2D eigenvalue weighted by Gasteiger charge is -2.34. The highest BCUT2D eigenvalue weighted by atomic mass is 19.4. The maximum atomic E-state index is 13.8. The van der Waals surface area contributed by atoms with Gasteiger partial charge in [-0.2, -0.15) is 26.3 Å². The van der Waals surface area contributed by atoms with Crippen LogP contribution in [-0.2, 0) is 16.8 Å². The Bertz CT molecular complexity index is 1330. The number of carbonyl (C=O) groups is 1. The molecule has 0 aliphatic carbocycles. The second-order valence-corrected chi connectivity index (χ2v) is 9.59. The number of benzene rings is 3. The molecule has 0 saturated carbocycles. The monoisotopic (exact) mass is 567 g/mol. The number of anilines is 1. The third kappa shape index (κ3) is 5.60. The number of aliphatic hydroxyl groups is 1. The number of hydrogen-bond acceptors (Lipinski definition) is 4. The Morgan fingerprint density at radius 1 is 0.925 bits per heavy atom. The van der Waals surface area contributed by atoms with Crippen LogP contribution >= 0.6 is 0 Å². The minimum atomic E-state index is -6.03. The Morgan fingerprint density at radius 2 is 1.57 bits per heavy atom. The van der Waals surface area contributed by atoms with Crippen molar-refractivity contribution < 1.29 is 45.7 Å². The second kappa shape index (κ2) is 11.0. The van der Waals surface area contributed by atoms with Gasteiger partial charge in [-0.1, -0.05) is 48.5 Å². The first-order chi connectivity index (χ1) is 18.8. The van der Waals surface area contributed by atoms with Crippen LogP contribution in [0.3, 0.4) is 0 Å². The molecule has 4 rings (SSSR count). The number of amides is 1. The molecule has 0 saturated heterocycles. The van der Waals surface area contributed by atoms with Gasteiger partial charge in [-0.15, -0.1) is 0 Å². The highest BCUT2D eigenvalue weighted by Gasteiger charge is 2.71. The summed E-state index contributed by atoms with van der Waals surface area (Å²) in [5.74, 6) is -0.152. The summed E-state index contributed by atoms with van der Waals surface area (Å²) in [4.78, 5) is 15.1. The Labute approximate surface area is 226 Å². The molecule has 1 amide bonds. The number of halogens is 6. The Hall–Kier alpha value is -3.73. The number of fused-ring (bicyclic) bond motifs is 1. The lowest BCUT2D eigenvalue weighted by atomic mass is 9.89. The zero-order valence-corrected chi connectivity index (χ0v) is 21.6. The predicted octanol–water partition coefficient (Wildman–Crippen LogP) is 6.54. The molecule has 0 fully saturated rings. The van der Waals surface area contributed by atoms with Crippen molar-refractivity contribution in [2.24, 2.45) is 0 Å². The largest absolute Gasteiger partial charge is 0.497 e. The minimum absolute atomic E-state index is 0.00684. The number of nitrogens with zero attached hydrogens (tertiary/aromatic N) is 1. The molecule has 1 aliphatic rings. The molecule has 2 atom stereocenters. The topological polar surface area (TPSA) is 59.0 Å². The van der Waals surface area contributed by atoms with Crippen LogP contribution in [0.5, 0.6) is 11.5 Å². The van der Waals surface area contributed by atoms with Gasteiger partial charge in [0.05, 0.1) is 19.6 Å². The van der Waals surface area contributed by atoms with Gasteiger partial charge in [0.25, 0.3) is 5.60 Å². The zero-order chi connectivity index (χ0) is 29.3. The number of methoxy groups -OCH3 is 1. The van der Waals surface area contributed by atoms with Gasteiger partial charge in [0.2, 0.25) is 5.91 Å². The van der Waals surface area contributed by atoms with E-state index in [0.717, 1.165) is 6.07 Å². The van der Waals surface area contributed by atoms with Crippen LogP contribution in [0.2, 0.25) is 0 Å². The normalized spacial score (nSPS) is 17.0. The first kappa shape index (κ1) is 29.3. The molecule has 1 N–H and O–H groups in total. The SMILES string of the molecule is COc1cccc(O[C@@H]2CCc3cc(C(O)(C(F)(F)F)C(F)(F)F)ccc3N(C(=O)[C@H](C)c3ccccc3)C2)c1. The molecule has 0 spiro atoms. The van der Waals surface area contributed by atoms with Crippen molar-refractivity contribution >= 4 is 11.6 Å². The molecule has 3 aromatic rings. The van der Waals surface area contributed by atoms with E-state index in [4.69, 9.17) is 9.47 Å². The average molecular weight is 568 g/mol. The summed E-state index contributed by atoms with van der Waals surface area (Å²) in [7, 11) is 1.48. The Balaban J connectivity index is 1.76. The highest BCUT2D eigenvalue weighted by molar-refractivity contribution is 5.98. The van der Waals surface area contributed by atoms with Crippen molar-refractivity contribution in [3.05, 3.63) is 89.5 Å². The fourth-order valence-electron chi connectivity index (χ4n) is 4.76. The van der Waals surface area contributed by atoms with Crippen LogP contribution in [-0.4, -0.2) is 43.1 Å². The van der Waals surface area contributed by atoms with Gasteiger partial charge in [-0.05, 0) is 49.1 Å². The van der Waals surface area contributed by atoms with Crippen molar-refractivity contribution in [3.63, 3.8) is 0 Å². The molecule has 5 nitrogen and oxygen atoms in total. The molecule has 0 aromatic heterocycles. The first-order valence-electron chi connectivity index (χ1n) is 12.4. The predicted molar refractivity (Wildman–Crippen MR) is 135 cm³/mol. The molecular weight excluding hydrogens is 540 g/mol. The molecule has 214 valence electrons. The fourth-order valence-corrected chi connectivity index (χ4v) is 4.76. The quantitative estimate of drug-likeness (QED) is 0.344. The lowest BCUT2D eigenvalue weighted by Crippen LogP contribution is -2.54. The van der Waals surface area contributed by atoms with E-state index in [1.807, 2.05) is 0 Å². The number of hydrogen-bond donors (Lipinski definition) is 1. The van der Waals surface area contributed by atoms with Crippen LogP contribution in [0.1, 0.15) is 36.0 Å². The van der Waals surface area contributed by atoms with Crippen molar-refractivity contribution in [2.45, 2.75) is 49.7 Å². The molecule has 0 unspecified atom stereocenters. The third-order valence-corrected chi connectivity index (χ3v) is 7.01. The van der Waals surface area contributed by atoms with Crippen LogP contribution in [0, 0.1) is 0 Å². The van der Waals surface area contributed by atoms with E-state index in [-0.39, 0.29) is 30.6 Å². The maximum absolute atomic E-state index is 13.8. The average Bonchev–Trinajstić information content (AvgIpc) is 3.10. The summed E-state index contributed by atoms with van der Waals surface area (Å²) in [6.45, 7) is 1.66. The number of ether oxygens (including phenoxy) is 2. The summed E-state index contributed by atoms with van der Waals surface area (Å²) in [6.07, 6.45) is -12.5. The van der Waals surface area contributed by atoms with Gasteiger partial charge in [0.15, 0.2) is 0 Å². The van der Waals surface area contributed by atoms with E-state index in [9.17, 15) is 36.2 Å². The zero-order valence-electron chi connectivity index (χ0n) is 21.6. The van der Waals surface area contributed by atoms with E-state index in [2.05, 4.69) is 0 Å². The minimum Gasteiger partial charge on any atom is -0.497 e. The van der Waals surface area contributed by atoms with Gasteiger partial charge >= 0.3 is 12.4 Å². The van der Waals surface area contributed by atoms with Gasteiger partial charge in [0.1, 0.15) is 17.6 Å². The van der Waals surface area contributed by atoms with E-state index < -0.39 is 41.4 Å². The van der Waals surface area contributed by atoms with Crippen LogP contribution in [0.15, 0.2) is 72.8 Å². The smallest absolute Gasteiger partial charge is 0.430 e. The Morgan fingerprint density at radius 3 is 2.20 bits per heavy atom. The summed E-state index contributed by atoms with van der Waals surface area (Å²) in [5, 5.41) is 9.97.